The Hall–Kier alpha value is -8.06. The summed E-state index contributed by atoms with van der Waals surface area (Å²) in [4.78, 5) is 138. The summed E-state index contributed by atoms with van der Waals surface area (Å²) in [5.41, 5.74) is 25.2. The number of aliphatic hydroxyl groups is 2. The number of hydrogen-bond donors (Lipinski definition) is 20. The third kappa shape index (κ3) is 23.0. The number of carboxylic acids is 1. The van der Waals surface area contributed by atoms with Crippen LogP contribution in [0.5, 0.6) is 5.75 Å². The van der Waals surface area contributed by atoms with Crippen LogP contribution in [0.4, 0.5) is 0 Å². The summed E-state index contributed by atoms with van der Waals surface area (Å²) in [6.07, 6.45) is 0.138. The summed E-state index contributed by atoms with van der Waals surface area (Å²) >= 11 is 3.88. The zero-order valence-corrected chi connectivity index (χ0v) is 47.5. The zero-order chi connectivity index (χ0) is 61.9. The van der Waals surface area contributed by atoms with E-state index in [1.807, 2.05) is 24.3 Å². The second kappa shape index (κ2) is 35.1. The quantitative estimate of drug-likeness (QED) is 0.0113. The molecule has 3 aromatic rings. The first kappa shape index (κ1) is 69.2. The minimum absolute atomic E-state index is 0.0214. The van der Waals surface area contributed by atoms with E-state index in [0.29, 0.717) is 18.4 Å². The first-order valence-electron chi connectivity index (χ1n) is 27.0. The van der Waals surface area contributed by atoms with Crippen LogP contribution in [0.3, 0.4) is 0 Å². The SMILES string of the molecule is CC[C@H](C)[C@H](NC(=O)[C@H](CCC(N)=O)NC(=O)[C@H](CCCNC(=N)N)NC(=O)[C@H](Cc1ccc(O)cc1)NC(=O)[C@H](CCCCN)NC(=O)[C@@H](N)Cc1c[nH]c2ccccc12)C(=O)N[C@@H](CO)C(=O)N[C@H](C(=O)N[C@@H](CS)C(=O)O)[C@@H](C)O. The monoisotopic (exact) mass is 1180 g/mol. The van der Waals surface area contributed by atoms with Crippen LogP contribution in [0.15, 0.2) is 54.7 Å². The molecule has 0 bridgehead atoms. The lowest BCUT2D eigenvalue weighted by Gasteiger charge is -2.29. The topological polar surface area (TPSA) is 504 Å². The van der Waals surface area contributed by atoms with Crippen molar-refractivity contribution in [3.63, 3.8) is 0 Å². The smallest absolute Gasteiger partial charge is 0.327 e. The Balaban J connectivity index is 1.94. The van der Waals surface area contributed by atoms with E-state index in [0.717, 1.165) is 23.4 Å². The number of benzene rings is 2. The van der Waals surface area contributed by atoms with Crippen molar-refractivity contribution in [2.45, 2.75) is 145 Å². The number of carbonyl (C=O) groups excluding carboxylic acids is 9. The van der Waals surface area contributed by atoms with E-state index in [1.54, 1.807) is 20.0 Å². The summed E-state index contributed by atoms with van der Waals surface area (Å²) < 4.78 is 0. The molecule has 29 nitrogen and oxygen atoms in total. The number of fused-ring (bicyclic) bond motifs is 1. The molecule has 11 atom stereocenters. The number of phenols is 1. The van der Waals surface area contributed by atoms with Gasteiger partial charge in [0.2, 0.25) is 53.2 Å². The van der Waals surface area contributed by atoms with Crippen LogP contribution in [0.2, 0.25) is 0 Å². The molecular formula is C53H81N15O14S. The van der Waals surface area contributed by atoms with Crippen LogP contribution in [0.1, 0.15) is 83.3 Å². The number of H-pyrrole nitrogens is 1. The number of hydrogen-bond acceptors (Lipinski definition) is 17. The summed E-state index contributed by atoms with van der Waals surface area (Å²) in [7, 11) is 0. The molecule has 2 aromatic carbocycles. The van der Waals surface area contributed by atoms with Gasteiger partial charge in [-0.05, 0) is 93.7 Å². The molecule has 0 aliphatic heterocycles. The lowest BCUT2D eigenvalue weighted by atomic mass is 9.97. The van der Waals surface area contributed by atoms with Gasteiger partial charge in [-0.3, -0.25) is 48.6 Å². The first-order valence-corrected chi connectivity index (χ1v) is 27.7. The molecular weight excluding hydrogens is 1100 g/mol. The van der Waals surface area contributed by atoms with Gasteiger partial charge < -0.3 is 96.2 Å². The standard InChI is InChI=1S/C53H81N15O14S/c1-4-27(2)42(50(79)65-39(25-69)49(78)68-43(28(3)70)51(80)66-40(26-83)52(81)82)67-47(76)37(18-19-41(56)72)63-45(74)36(13-9-21-59-53(57)58)62-48(77)38(22-29-14-16-31(71)17-15-29)64-46(75)35(12-7-8-20-54)61-44(73)33(55)23-30-24-60-34-11-6-5-10-32(30)34/h5-6,10-11,14-17,24,27-28,33,35-40,42-43,60,69-71,83H,4,7-9,12-13,18-23,25-26,54-55H2,1-3H3,(H2,56,72)(H,61,73)(H,62,77)(H,63,74)(H,64,75)(H,65,79)(H,66,80)(H,67,76)(H,68,78)(H,81,82)(H4,57,58,59)/t27-,28+,33-,35-,36-,37-,38-,39-,40-,42-,43-/m0/s1. The molecule has 0 unspecified atom stereocenters. The van der Waals surface area contributed by atoms with Gasteiger partial charge in [-0.15, -0.1) is 0 Å². The molecule has 30 heteroatoms. The number of primary amides is 1. The maximum absolute atomic E-state index is 14.6. The number of amides is 9. The summed E-state index contributed by atoms with van der Waals surface area (Å²) in [6, 6.07) is -0.435. The van der Waals surface area contributed by atoms with E-state index < -0.39 is 151 Å². The fourth-order valence-electron chi connectivity index (χ4n) is 8.44. The van der Waals surface area contributed by atoms with Gasteiger partial charge in [0.05, 0.1) is 18.8 Å². The van der Waals surface area contributed by atoms with Crippen molar-refractivity contribution in [2.75, 3.05) is 25.4 Å². The van der Waals surface area contributed by atoms with Crippen molar-refractivity contribution in [3.8, 4) is 5.75 Å². The Labute approximate surface area is 485 Å². The van der Waals surface area contributed by atoms with Gasteiger partial charge in [-0.2, -0.15) is 12.6 Å². The van der Waals surface area contributed by atoms with Gasteiger partial charge >= 0.3 is 5.97 Å². The van der Waals surface area contributed by atoms with E-state index in [1.165, 1.54) is 24.3 Å². The molecule has 23 N–H and O–H groups in total. The molecule has 3 rings (SSSR count). The number of aliphatic hydroxyl groups excluding tert-OH is 2. The van der Waals surface area contributed by atoms with Gasteiger partial charge in [0, 0.05) is 42.2 Å². The lowest BCUT2D eigenvalue weighted by molar-refractivity contribution is -0.142. The molecule has 0 aliphatic carbocycles. The molecule has 1 heterocycles. The van der Waals surface area contributed by atoms with Crippen LogP contribution in [-0.2, 0) is 60.8 Å². The largest absolute Gasteiger partial charge is 0.508 e. The number of aromatic hydroxyl groups is 1. The number of aliphatic carboxylic acids is 1. The Morgan fingerprint density at radius 1 is 0.651 bits per heavy atom. The number of thiol groups is 1. The van der Waals surface area contributed by atoms with Crippen molar-refractivity contribution in [3.05, 3.63) is 65.9 Å². The molecule has 0 saturated carbocycles. The summed E-state index contributed by atoms with van der Waals surface area (Å²) in [5, 5.41) is 70.6. The second-order valence-electron chi connectivity index (χ2n) is 20.0. The molecule has 83 heavy (non-hydrogen) atoms. The molecule has 0 aliphatic rings. The third-order valence-electron chi connectivity index (χ3n) is 13.4. The minimum Gasteiger partial charge on any atom is -0.508 e. The van der Waals surface area contributed by atoms with E-state index in [9.17, 15) is 68.4 Å². The Kier molecular flexibility index (Phi) is 29.2. The Bertz CT molecular complexity index is 2700. The number of nitrogens with one attached hydrogen (secondary N) is 11. The highest BCUT2D eigenvalue weighted by molar-refractivity contribution is 7.80. The number of guanidine groups is 1. The molecule has 458 valence electrons. The molecule has 0 saturated heterocycles. The van der Waals surface area contributed by atoms with Gasteiger partial charge in [-0.25, -0.2) is 4.79 Å². The third-order valence-corrected chi connectivity index (χ3v) is 13.8. The molecule has 1 aromatic heterocycles. The Morgan fingerprint density at radius 3 is 1.73 bits per heavy atom. The molecule has 0 fully saturated rings. The highest BCUT2D eigenvalue weighted by Gasteiger charge is 2.37. The van der Waals surface area contributed by atoms with E-state index in [4.69, 9.17) is 28.3 Å². The van der Waals surface area contributed by atoms with Crippen LogP contribution in [-0.4, -0.2) is 176 Å². The second-order valence-corrected chi connectivity index (χ2v) is 20.3. The number of unbranched alkanes of at least 4 members (excludes halogenated alkanes) is 1. The number of rotatable bonds is 37. The van der Waals surface area contributed by atoms with Crippen molar-refractivity contribution in [2.24, 2.45) is 28.9 Å². The van der Waals surface area contributed by atoms with Gasteiger partial charge in [0.1, 0.15) is 54.1 Å². The van der Waals surface area contributed by atoms with Gasteiger partial charge in [0.15, 0.2) is 5.96 Å². The number of aromatic amines is 1. The zero-order valence-electron chi connectivity index (χ0n) is 46.6. The maximum Gasteiger partial charge on any atom is 0.327 e. The van der Waals surface area contributed by atoms with E-state index >= 15 is 0 Å². The molecule has 0 radical (unpaired) electrons. The van der Waals surface area contributed by atoms with Gasteiger partial charge in [-0.1, -0.05) is 50.6 Å². The average Bonchev–Trinajstić information content (AvgIpc) is 3.91. The highest BCUT2D eigenvalue weighted by Crippen LogP contribution is 2.20. The molecule has 9 amide bonds. The number of carboxylic acid groups (broad SMARTS) is 1. The number of nitrogens with two attached hydrogens (primary N) is 4. The summed E-state index contributed by atoms with van der Waals surface area (Å²) in [6.45, 7) is 3.56. The van der Waals surface area contributed by atoms with Crippen molar-refractivity contribution >= 4 is 88.6 Å². The fourth-order valence-corrected chi connectivity index (χ4v) is 8.68. The number of aromatic nitrogens is 1. The van der Waals surface area contributed by atoms with Crippen molar-refractivity contribution in [1.29, 1.82) is 5.41 Å². The summed E-state index contributed by atoms with van der Waals surface area (Å²) in [5.74, 6) is -11.7. The number of phenolic OH excluding ortho intramolecular Hbond substituents is 1. The first-order chi connectivity index (χ1) is 39.3. The average molecular weight is 1180 g/mol. The van der Waals surface area contributed by atoms with Gasteiger partial charge in [0.25, 0.3) is 0 Å². The number of para-hydroxylation sites is 1. The minimum atomic E-state index is -1.81. The van der Waals surface area contributed by atoms with Crippen molar-refractivity contribution < 1.29 is 68.4 Å². The predicted molar refractivity (Wildman–Crippen MR) is 307 cm³/mol. The van der Waals surface area contributed by atoms with E-state index in [-0.39, 0.29) is 63.1 Å². The van der Waals surface area contributed by atoms with E-state index in [2.05, 4.69) is 65.5 Å². The van der Waals surface area contributed by atoms with Crippen molar-refractivity contribution in [1.82, 2.24) is 52.8 Å². The normalized spacial score (nSPS) is 15.1. The maximum atomic E-state index is 14.6. The number of carbonyl (C=O) groups is 10. The van der Waals surface area contributed by atoms with Crippen LogP contribution < -0.4 is 70.8 Å². The van der Waals surface area contributed by atoms with Crippen LogP contribution in [0.25, 0.3) is 10.9 Å². The Morgan fingerprint density at radius 2 is 1.17 bits per heavy atom. The van der Waals surface area contributed by atoms with Crippen LogP contribution in [0, 0.1) is 11.3 Å². The lowest BCUT2D eigenvalue weighted by Crippen LogP contribution is -2.62. The van der Waals surface area contributed by atoms with Crippen LogP contribution >= 0.6 is 12.6 Å². The fraction of sp³-hybridized carbons (Fsp3) is 0.528. The predicted octanol–water partition coefficient (Wildman–Crippen LogP) is -4.04. The highest BCUT2D eigenvalue weighted by atomic mass is 32.1. The molecule has 0 spiro atoms.